The van der Waals surface area contributed by atoms with Crippen molar-refractivity contribution in [2.45, 2.75) is 17.7 Å². The van der Waals surface area contributed by atoms with Gasteiger partial charge in [-0.15, -0.1) is 0 Å². The highest BCUT2D eigenvalue weighted by molar-refractivity contribution is 7.90. The van der Waals surface area contributed by atoms with Crippen LogP contribution in [-0.4, -0.2) is 39.6 Å². The Balaban J connectivity index is 1.70. The maximum Gasteiger partial charge on any atom is 0.243 e. The van der Waals surface area contributed by atoms with Gasteiger partial charge in [0.15, 0.2) is 9.84 Å². The minimum absolute atomic E-state index is 0.0584. The number of benzene rings is 2. The van der Waals surface area contributed by atoms with E-state index in [0.29, 0.717) is 18.7 Å². The summed E-state index contributed by atoms with van der Waals surface area (Å²) in [5, 5.41) is 5.66. The van der Waals surface area contributed by atoms with E-state index in [4.69, 9.17) is 0 Å². The molecule has 3 rings (SSSR count). The average molecular weight is 387 g/mol. The van der Waals surface area contributed by atoms with Crippen LogP contribution < -0.4 is 15.5 Å². The van der Waals surface area contributed by atoms with Gasteiger partial charge in [-0.2, -0.15) is 0 Å². The van der Waals surface area contributed by atoms with Gasteiger partial charge in [0.25, 0.3) is 0 Å². The van der Waals surface area contributed by atoms with Crippen LogP contribution in [0.5, 0.6) is 0 Å². The average Bonchev–Trinajstić information content (AvgIpc) is 3.05. The van der Waals surface area contributed by atoms with Crippen LogP contribution in [0.15, 0.2) is 53.4 Å². The van der Waals surface area contributed by atoms with Crippen molar-refractivity contribution in [3.05, 3.63) is 48.5 Å². The fraction of sp³-hybridized carbons (Fsp3) is 0.263. The summed E-state index contributed by atoms with van der Waals surface area (Å²) in [7, 11) is -3.45. The van der Waals surface area contributed by atoms with Gasteiger partial charge in [-0.05, 0) is 30.7 Å². The number of nitrogens with zero attached hydrogens (tertiary/aromatic N) is 1. The number of hydrogen-bond donors (Lipinski definition) is 2. The molecule has 0 saturated carbocycles. The minimum Gasteiger partial charge on any atom is -0.374 e. The first-order valence-electron chi connectivity index (χ1n) is 8.58. The Morgan fingerprint density at radius 1 is 1.07 bits per heavy atom. The monoisotopic (exact) mass is 387 g/mol. The molecule has 27 heavy (non-hydrogen) atoms. The van der Waals surface area contributed by atoms with Gasteiger partial charge >= 0.3 is 0 Å². The van der Waals surface area contributed by atoms with Crippen LogP contribution in [-0.2, 0) is 19.4 Å². The molecule has 7 nitrogen and oxygen atoms in total. The van der Waals surface area contributed by atoms with Gasteiger partial charge < -0.3 is 15.5 Å². The van der Waals surface area contributed by atoms with Gasteiger partial charge in [0.05, 0.1) is 28.5 Å². The molecular formula is C19H21N3O4S. The first kappa shape index (κ1) is 18.9. The van der Waals surface area contributed by atoms with Gasteiger partial charge in [0, 0.05) is 19.2 Å². The molecule has 1 aliphatic heterocycles. The third-order valence-electron chi connectivity index (χ3n) is 4.27. The third-order valence-corrected chi connectivity index (χ3v) is 5.42. The molecule has 0 unspecified atom stereocenters. The fourth-order valence-corrected chi connectivity index (χ4v) is 3.87. The lowest BCUT2D eigenvalue weighted by Gasteiger charge is -2.20. The van der Waals surface area contributed by atoms with Crippen LogP contribution in [0.1, 0.15) is 12.8 Å². The molecule has 2 amide bonds. The molecule has 0 radical (unpaired) electrons. The summed E-state index contributed by atoms with van der Waals surface area (Å²) in [6, 6.07) is 13.6. The van der Waals surface area contributed by atoms with E-state index >= 15 is 0 Å². The number of para-hydroxylation sites is 3. The first-order chi connectivity index (χ1) is 12.9. The maximum atomic E-state index is 12.3. The van der Waals surface area contributed by atoms with E-state index in [1.54, 1.807) is 29.2 Å². The van der Waals surface area contributed by atoms with Crippen LogP contribution in [0.3, 0.4) is 0 Å². The summed E-state index contributed by atoms with van der Waals surface area (Å²) in [6.45, 7) is 0.600. The molecular weight excluding hydrogens is 366 g/mol. The topological polar surface area (TPSA) is 95.6 Å². The van der Waals surface area contributed by atoms with Crippen LogP contribution in [0.2, 0.25) is 0 Å². The highest BCUT2D eigenvalue weighted by Gasteiger charge is 2.23. The summed E-state index contributed by atoms with van der Waals surface area (Å²) < 4.78 is 23.7. The molecule has 0 aliphatic carbocycles. The molecule has 8 heteroatoms. The van der Waals surface area contributed by atoms with Crippen LogP contribution in [0.25, 0.3) is 0 Å². The number of rotatable bonds is 6. The zero-order valence-corrected chi connectivity index (χ0v) is 15.8. The molecule has 2 aromatic rings. The number of sulfone groups is 1. The zero-order valence-electron chi connectivity index (χ0n) is 14.9. The van der Waals surface area contributed by atoms with Gasteiger partial charge in [-0.3, -0.25) is 9.59 Å². The third kappa shape index (κ3) is 4.46. The van der Waals surface area contributed by atoms with E-state index < -0.39 is 9.84 Å². The molecule has 2 aromatic carbocycles. The van der Waals surface area contributed by atoms with E-state index in [1.165, 1.54) is 6.07 Å². The summed E-state index contributed by atoms with van der Waals surface area (Å²) in [4.78, 5) is 26.1. The lowest BCUT2D eigenvalue weighted by atomic mass is 10.2. The van der Waals surface area contributed by atoms with Gasteiger partial charge in [-0.25, -0.2) is 8.42 Å². The van der Waals surface area contributed by atoms with Crippen molar-refractivity contribution in [3.63, 3.8) is 0 Å². The molecule has 1 heterocycles. The second-order valence-corrected chi connectivity index (χ2v) is 8.32. The van der Waals surface area contributed by atoms with Gasteiger partial charge in [0.2, 0.25) is 11.8 Å². The Labute approximate surface area is 158 Å². The normalized spacial score (nSPS) is 14.3. The van der Waals surface area contributed by atoms with Crippen molar-refractivity contribution in [1.82, 2.24) is 0 Å². The second-order valence-electron chi connectivity index (χ2n) is 6.34. The van der Waals surface area contributed by atoms with E-state index in [2.05, 4.69) is 10.6 Å². The number of nitrogens with one attached hydrogen (secondary N) is 2. The lowest BCUT2D eigenvalue weighted by Crippen LogP contribution is -2.27. The van der Waals surface area contributed by atoms with E-state index in [-0.39, 0.29) is 28.9 Å². The maximum absolute atomic E-state index is 12.3. The second kappa shape index (κ2) is 7.79. The first-order valence-corrected chi connectivity index (χ1v) is 10.5. The van der Waals surface area contributed by atoms with E-state index in [9.17, 15) is 18.0 Å². The Bertz CT molecular complexity index is 972. The van der Waals surface area contributed by atoms with Crippen molar-refractivity contribution in [2.24, 2.45) is 0 Å². The molecule has 0 atom stereocenters. The molecule has 1 fully saturated rings. The molecule has 142 valence electrons. The van der Waals surface area contributed by atoms with Crippen molar-refractivity contribution in [3.8, 4) is 0 Å². The van der Waals surface area contributed by atoms with Crippen molar-refractivity contribution < 1.29 is 18.0 Å². The number of carbonyl (C=O) groups excluding carboxylic acids is 2. The van der Waals surface area contributed by atoms with Crippen molar-refractivity contribution >= 4 is 38.7 Å². The summed E-state index contributed by atoms with van der Waals surface area (Å²) in [5.74, 6) is -0.315. The summed E-state index contributed by atoms with van der Waals surface area (Å²) >= 11 is 0. The van der Waals surface area contributed by atoms with Crippen molar-refractivity contribution in [2.75, 3.05) is 34.9 Å². The Kier molecular flexibility index (Phi) is 5.46. The zero-order chi connectivity index (χ0) is 19.4. The predicted octanol–water partition coefficient (Wildman–Crippen LogP) is 2.27. The van der Waals surface area contributed by atoms with Gasteiger partial charge in [0.1, 0.15) is 0 Å². The molecule has 1 saturated heterocycles. The number of anilines is 3. The Morgan fingerprint density at radius 2 is 1.74 bits per heavy atom. The Morgan fingerprint density at radius 3 is 2.41 bits per heavy atom. The Hall–Kier alpha value is -2.87. The largest absolute Gasteiger partial charge is 0.374 e. The summed E-state index contributed by atoms with van der Waals surface area (Å²) in [6.07, 6.45) is 2.44. The van der Waals surface area contributed by atoms with Gasteiger partial charge in [-0.1, -0.05) is 24.3 Å². The SMILES string of the molecule is CS(=O)(=O)c1ccccc1NC(=O)CNc1ccccc1N1CCCC1=O. The van der Waals surface area contributed by atoms with E-state index in [1.807, 2.05) is 18.2 Å². The number of amides is 2. The van der Waals surface area contributed by atoms with Crippen LogP contribution in [0, 0.1) is 0 Å². The molecule has 2 N–H and O–H groups in total. The fourth-order valence-electron chi connectivity index (χ4n) is 3.02. The highest BCUT2D eigenvalue weighted by atomic mass is 32.2. The standard InChI is InChI=1S/C19H21N3O4S/c1-27(25,26)17-10-5-3-8-15(17)21-18(23)13-20-14-7-2-4-9-16(14)22-12-6-11-19(22)24/h2-5,7-10,20H,6,11-13H2,1H3,(H,21,23). The molecule has 0 bridgehead atoms. The molecule has 0 aromatic heterocycles. The molecule has 1 aliphatic rings. The number of hydrogen-bond acceptors (Lipinski definition) is 5. The summed E-state index contributed by atoms with van der Waals surface area (Å²) in [5.41, 5.74) is 1.67. The highest BCUT2D eigenvalue weighted by Crippen LogP contribution is 2.29. The van der Waals surface area contributed by atoms with E-state index in [0.717, 1.165) is 18.4 Å². The smallest absolute Gasteiger partial charge is 0.243 e. The quantitative estimate of drug-likeness (QED) is 0.793. The minimum atomic E-state index is -3.45. The lowest BCUT2D eigenvalue weighted by molar-refractivity contribution is -0.117. The number of carbonyl (C=O) groups is 2. The van der Waals surface area contributed by atoms with Crippen LogP contribution >= 0.6 is 0 Å². The molecule has 0 spiro atoms. The van der Waals surface area contributed by atoms with Crippen molar-refractivity contribution in [1.29, 1.82) is 0 Å². The van der Waals surface area contributed by atoms with Crippen LogP contribution in [0.4, 0.5) is 17.1 Å². The predicted molar refractivity (Wildman–Crippen MR) is 105 cm³/mol.